The molecule has 0 radical (unpaired) electrons. The summed E-state index contributed by atoms with van der Waals surface area (Å²) in [6.45, 7) is 0. The molecule has 0 saturated heterocycles. The van der Waals surface area contributed by atoms with Gasteiger partial charge in [0, 0.05) is 21.4 Å². The molecule has 0 aliphatic rings. The van der Waals surface area contributed by atoms with Crippen LogP contribution in [0.5, 0.6) is 0 Å². The minimum atomic E-state index is -0.434. The van der Waals surface area contributed by atoms with E-state index in [1.165, 1.54) is 0 Å². The average molecular weight is 184 g/mol. The number of carbonyl (C=O) groups is 1. The zero-order valence-electron chi connectivity index (χ0n) is 6.07. The molecule has 12 heavy (non-hydrogen) atoms. The molecule has 4 nitrogen and oxygen atoms in total. The summed E-state index contributed by atoms with van der Waals surface area (Å²) in [4.78, 5) is 10.5. The van der Waals surface area contributed by atoms with Gasteiger partial charge in [-0.05, 0) is 24.3 Å². The van der Waals surface area contributed by atoms with Gasteiger partial charge < -0.3 is 5.73 Å². The van der Waals surface area contributed by atoms with E-state index in [0.717, 1.165) is 0 Å². The van der Waals surface area contributed by atoms with Crippen LogP contribution in [-0.4, -0.2) is 5.91 Å². The third kappa shape index (κ3) is 2.99. The highest BCUT2D eigenvalue weighted by atomic mass is 35.5. The largest absolute Gasteiger partial charge is 0.366 e. The van der Waals surface area contributed by atoms with E-state index in [1.807, 2.05) is 0 Å². The first kappa shape index (κ1) is 10.4. The number of benzene rings is 1. The Morgan fingerprint density at radius 1 is 1.25 bits per heavy atom. The molecule has 0 saturated carbocycles. The highest BCUT2D eigenvalue weighted by Gasteiger charge is 1.96. The average Bonchev–Trinajstić information content (AvgIpc) is 2.09. The number of amides is 1. The van der Waals surface area contributed by atoms with Crippen LogP contribution in [0.4, 0.5) is 0 Å². The predicted octanol–water partition coefficient (Wildman–Crippen LogP) is 1.47. The van der Waals surface area contributed by atoms with Crippen molar-refractivity contribution in [2.75, 3.05) is 0 Å². The maximum absolute atomic E-state index is 10.5. The first-order valence-electron chi connectivity index (χ1n) is 2.95. The van der Waals surface area contributed by atoms with Crippen molar-refractivity contribution in [3.63, 3.8) is 0 Å². The van der Waals surface area contributed by atoms with Gasteiger partial charge >= 0.3 is 0 Å². The maximum atomic E-state index is 10.5. The lowest BCUT2D eigenvalue weighted by Gasteiger charge is -1.92. The van der Waals surface area contributed by atoms with Crippen molar-refractivity contribution in [2.24, 2.45) is 5.73 Å². The Bertz CT molecular complexity index is 280. The summed E-state index contributed by atoms with van der Waals surface area (Å²) < 4.78 is 0. The SMILES string of the molecule is N#N.NC(=O)c1ccc(Cl)cc1. The first-order valence-corrected chi connectivity index (χ1v) is 3.33. The van der Waals surface area contributed by atoms with Crippen LogP contribution >= 0.6 is 11.6 Å². The van der Waals surface area contributed by atoms with Gasteiger partial charge in [0.1, 0.15) is 0 Å². The molecule has 2 N–H and O–H groups in total. The van der Waals surface area contributed by atoms with Crippen LogP contribution in [0.25, 0.3) is 0 Å². The number of nitrogens with two attached hydrogens (primary N) is 1. The van der Waals surface area contributed by atoms with E-state index in [2.05, 4.69) is 0 Å². The number of hydrogen-bond donors (Lipinski definition) is 1. The van der Waals surface area contributed by atoms with E-state index in [4.69, 9.17) is 28.1 Å². The summed E-state index contributed by atoms with van der Waals surface area (Å²) >= 11 is 5.56. The van der Waals surface area contributed by atoms with Crippen LogP contribution in [0.15, 0.2) is 24.3 Å². The van der Waals surface area contributed by atoms with Crippen molar-refractivity contribution < 1.29 is 4.79 Å². The molecule has 62 valence electrons. The van der Waals surface area contributed by atoms with Gasteiger partial charge in [-0.2, -0.15) is 0 Å². The number of rotatable bonds is 1. The molecular formula is C7H6ClN3O. The smallest absolute Gasteiger partial charge is 0.248 e. The Labute approximate surface area is 74.4 Å². The lowest BCUT2D eigenvalue weighted by atomic mass is 10.2. The highest BCUT2D eigenvalue weighted by molar-refractivity contribution is 6.30. The molecule has 1 rings (SSSR count). The fourth-order valence-corrected chi connectivity index (χ4v) is 0.740. The van der Waals surface area contributed by atoms with E-state index < -0.39 is 5.91 Å². The summed E-state index contributed by atoms with van der Waals surface area (Å²) in [7, 11) is 0. The van der Waals surface area contributed by atoms with E-state index >= 15 is 0 Å². The minimum absolute atomic E-state index is 0.434. The molecule has 1 aromatic carbocycles. The Kier molecular flexibility index (Phi) is 4.42. The Morgan fingerprint density at radius 3 is 2.00 bits per heavy atom. The molecule has 0 atom stereocenters. The molecule has 0 aliphatic carbocycles. The zero-order valence-corrected chi connectivity index (χ0v) is 6.82. The van der Waals surface area contributed by atoms with E-state index in [1.54, 1.807) is 24.3 Å². The molecule has 0 heterocycles. The number of carbonyl (C=O) groups excluding carboxylic acids is 1. The predicted molar refractivity (Wildman–Crippen MR) is 43.4 cm³/mol. The highest BCUT2D eigenvalue weighted by Crippen LogP contribution is 2.08. The second-order valence-electron chi connectivity index (χ2n) is 1.87. The molecule has 0 fully saturated rings. The second kappa shape index (κ2) is 5.10. The van der Waals surface area contributed by atoms with Crippen molar-refractivity contribution in [3.05, 3.63) is 34.9 Å². The quantitative estimate of drug-likeness (QED) is 0.669. The van der Waals surface area contributed by atoms with Crippen molar-refractivity contribution in [2.45, 2.75) is 0 Å². The van der Waals surface area contributed by atoms with Gasteiger partial charge in [-0.15, -0.1) is 0 Å². The number of nitrogens with zero attached hydrogens (tertiary/aromatic N) is 2. The Morgan fingerprint density at radius 2 is 1.67 bits per heavy atom. The Balaban J connectivity index is 0.000000561. The van der Waals surface area contributed by atoms with Gasteiger partial charge in [0.25, 0.3) is 0 Å². The third-order valence-corrected chi connectivity index (χ3v) is 1.38. The fraction of sp³-hybridized carbons (Fsp3) is 0. The monoisotopic (exact) mass is 183 g/mol. The number of halogens is 1. The van der Waals surface area contributed by atoms with Gasteiger partial charge in [0.15, 0.2) is 0 Å². The zero-order chi connectivity index (χ0) is 9.56. The van der Waals surface area contributed by atoms with Crippen LogP contribution < -0.4 is 5.73 Å². The lowest BCUT2D eigenvalue weighted by Crippen LogP contribution is -2.10. The molecule has 1 aromatic rings. The molecule has 0 bridgehead atoms. The normalized spacial score (nSPS) is 7.92. The first-order chi connectivity index (χ1) is 5.70. The number of primary amides is 1. The van der Waals surface area contributed by atoms with Crippen molar-refractivity contribution >= 4 is 17.5 Å². The Hall–Kier alpha value is -1.60. The second-order valence-corrected chi connectivity index (χ2v) is 2.31. The summed E-state index contributed by atoms with van der Waals surface area (Å²) in [5, 5.41) is 12.6. The molecular weight excluding hydrogens is 178 g/mol. The lowest BCUT2D eigenvalue weighted by molar-refractivity contribution is 0.100. The van der Waals surface area contributed by atoms with Crippen LogP contribution in [0.3, 0.4) is 0 Å². The van der Waals surface area contributed by atoms with Crippen LogP contribution in [0.1, 0.15) is 10.4 Å². The molecule has 5 heteroatoms. The van der Waals surface area contributed by atoms with Crippen LogP contribution in [0, 0.1) is 10.8 Å². The van der Waals surface area contributed by atoms with Gasteiger partial charge in [-0.3, -0.25) is 4.79 Å². The summed E-state index contributed by atoms with van der Waals surface area (Å²) in [5.41, 5.74) is 5.46. The van der Waals surface area contributed by atoms with Crippen molar-refractivity contribution in [3.8, 4) is 0 Å². The topological polar surface area (TPSA) is 90.7 Å². The summed E-state index contributed by atoms with van der Waals surface area (Å²) in [6, 6.07) is 6.43. The van der Waals surface area contributed by atoms with Gasteiger partial charge in [-0.25, -0.2) is 0 Å². The molecule has 0 aromatic heterocycles. The fourth-order valence-electron chi connectivity index (χ4n) is 0.614. The number of hydrogen-bond acceptors (Lipinski definition) is 3. The van der Waals surface area contributed by atoms with E-state index in [0.29, 0.717) is 10.6 Å². The van der Waals surface area contributed by atoms with E-state index in [9.17, 15) is 4.79 Å². The van der Waals surface area contributed by atoms with Gasteiger partial charge in [0.2, 0.25) is 5.91 Å². The maximum Gasteiger partial charge on any atom is 0.248 e. The third-order valence-electron chi connectivity index (χ3n) is 1.13. The van der Waals surface area contributed by atoms with Crippen molar-refractivity contribution in [1.29, 1.82) is 10.8 Å². The summed E-state index contributed by atoms with van der Waals surface area (Å²) in [6.07, 6.45) is 0. The standard InChI is InChI=1S/C7H6ClNO.N2/c8-6-3-1-5(2-4-6)7(9)10;1-2/h1-4H,(H2,9,10);. The molecule has 0 unspecified atom stereocenters. The van der Waals surface area contributed by atoms with Gasteiger partial charge in [0.05, 0.1) is 0 Å². The van der Waals surface area contributed by atoms with Crippen molar-refractivity contribution in [1.82, 2.24) is 0 Å². The molecule has 1 amide bonds. The van der Waals surface area contributed by atoms with E-state index in [-0.39, 0.29) is 0 Å². The van der Waals surface area contributed by atoms with Crippen LogP contribution in [-0.2, 0) is 0 Å². The molecule has 0 spiro atoms. The summed E-state index contributed by atoms with van der Waals surface area (Å²) in [5.74, 6) is -0.434. The minimum Gasteiger partial charge on any atom is -0.366 e. The van der Waals surface area contributed by atoms with Crippen LogP contribution in [0.2, 0.25) is 5.02 Å². The van der Waals surface area contributed by atoms with Gasteiger partial charge in [-0.1, -0.05) is 11.6 Å². The molecule has 0 aliphatic heterocycles.